The molecule has 0 unspecified atom stereocenters. The first-order valence-electron chi connectivity index (χ1n) is 3.94. The average Bonchev–Trinajstić information content (AvgIpc) is 2.49. The minimum absolute atomic E-state index is 0.153. The van der Waals surface area contributed by atoms with Crippen LogP contribution in [0.3, 0.4) is 0 Å². The van der Waals surface area contributed by atoms with Crippen LogP contribution in [0.4, 0.5) is 0 Å². The van der Waals surface area contributed by atoms with E-state index in [0.717, 1.165) is 22.9 Å². The number of hydrogen-bond donors (Lipinski definition) is 2. The van der Waals surface area contributed by atoms with Gasteiger partial charge in [-0.3, -0.25) is 4.79 Å². The highest BCUT2D eigenvalue weighted by molar-refractivity contribution is 5.80. The van der Waals surface area contributed by atoms with Crippen molar-refractivity contribution in [2.75, 3.05) is 0 Å². The van der Waals surface area contributed by atoms with Crippen molar-refractivity contribution in [1.29, 1.82) is 0 Å². The fourth-order valence-corrected chi connectivity index (χ4v) is 1.34. The molecular weight excluding hydrogens is 168 g/mol. The van der Waals surface area contributed by atoms with Gasteiger partial charge in [0.2, 0.25) is 5.56 Å². The highest BCUT2D eigenvalue weighted by atomic mass is 16.1. The third kappa shape index (κ3) is 1.26. The van der Waals surface area contributed by atoms with Crippen molar-refractivity contribution in [1.82, 2.24) is 9.97 Å². The first kappa shape index (κ1) is 7.79. The standard InChI is InChI=1S/C9H8N2O2/c12-4-3-6-5-10-7-1-2-8(13)11-9(6)7/h1-2,4-5,10H,3H2,(H,11,13). The SMILES string of the molecule is O=CCc1c[nH]c2ccc(=O)[nH]c12. The normalized spacial score (nSPS) is 10.5. The summed E-state index contributed by atoms with van der Waals surface area (Å²) in [5.41, 5.74) is 2.23. The van der Waals surface area contributed by atoms with Gasteiger partial charge in [0.15, 0.2) is 0 Å². The van der Waals surface area contributed by atoms with Crippen LogP contribution in [0.5, 0.6) is 0 Å². The number of H-pyrrole nitrogens is 2. The zero-order chi connectivity index (χ0) is 9.26. The van der Waals surface area contributed by atoms with Gasteiger partial charge < -0.3 is 14.8 Å². The molecule has 66 valence electrons. The number of pyridine rings is 1. The maximum atomic E-state index is 11.0. The Morgan fingerprint density at radius 2 is 2.23 bits per heavy atom. The zero-order valence-corrected chi connectivity index (χ0v) is 6.83. The summed E-state index contributed by atoms with van der Waals surface area (Å²) < 4.78 is 0. The molecule has 4 nitrogen and oxygen atoms in total. The summed E-state index contributed by atoms with van der Waals surface area (Å²) in [6, 6.07) is 3.14. The van der Waals surface area contributed by atoms with Crippen molar-refractivity contribution >= 4 is 17.3 Å². The molecule has 2 aromatic heterocycles. The molecule has 0 fully saturated rings. The fraction of sp³-hybridized carbons (Fsp3) is 0.111. The molecule has 2 heterocycles. The number of fused-ring (bicyclic) bond motifs is 1. The summed E-state index contributed by atoms with van der Waals surface area (Å²) in [4.78, 5) is 26.9. The molecule has 2 N–H and O–H groups in total. The lowest BCUT2D eigenvalue weighted by Crippen LogP contribution is -2.02. The number of carbonyl (C=O) groups excluding carboxylic acids is 1. The molecule has 0 spiro atoms. The number of nitrogens with one attached hydrogen (secondary N) is 2. The van der Waals surface area contributed by atoms with Gasteiger partial charge in [-0.05, 0) is 6.07 Å². The second-order valence-electron chi connectivity index (χ2n) is 2.80. The van der Waals surface area contributed by atoms with Crippen molar-refractivity contribution in [3.63, 3.8) is 0 Å². The van der Waals surface area contributed by atoms with Gasteiger partial charge in [-0.2, -0.15) is 0 Å². The quantitative estimate of drug-likeness (QED) is 0.658. The second-order valence-corrected chi connectivity index (χ2v) is 2.80. The van der Waals surface area contributed by atoms with E-state index in [1.54, 1.807) is 12.3 Å². The van der Waals surface area contributed by atoms with Crippen molar-refractivity contribution < 1.29 is 4.79 Å². The van der Waals surface area contributed by atoms with Crippen molar-refractivity contribution in [3.05, 3.63) is 34.2 Å². The summed E-state index contributed by atoms with van der Waals surface area (Å²) in [7, 11) is 0. The maximum Gasteiger partial charge on any atom is 0.248 e. The zero-order valence-electron chi connectivity index (χ0n) is 6.83. The number of aldehydes is 1. The van der Waals surface area contributed by atoms with Crippen LogP contribution in [-0.4, -0.2) is 16.3 Å². The van der Waals surface area contributed by atoms with E-state index in [9.17, 15) is 9.59 Å². The van der Waals surface area contributed by atoms with Gasteiger partial charge in [0.05, 0.1) is 11.0 Å². The van der Waals surface area contributed by atoms with Crippen molar-refractivity contribution in [3.8, 4) is 0 Å². The summed E-state index contributed by atoms with van der Waals surface area (Å²) >= 11 is 0. The number of hydrogen-bond acceptors (Lipinski definition) is 2. The molecule has 4 heteroatoms. The Balaban J connectivity index is 2.71. The van der Waals surface area contributed by atoms with E-state index < -0.39 is 0 Å². The van der Waals surface area contributed by atoms with Crippen LogP contribution < -0.4 is 5.56 Å². The van der Waals surface area contributed by atoms with E-state index in [0.29, 0.717) is 6.42 Å². The van der Waals surface area contributed by atoms with Gasteiger partial charge in [0.1, 0.15) is 6.29 Å². The van der Waals surface area contributed by atoms with Crippen LogP contribution >= 0.6 is 0 Å². The van der Waals surface area contributed by atoms with Gasteiger partial charge in [-0.25, -0.2) is 0 Å². The van der Waals surface area contributed by atoms with Crippen LogP contribution in [0.2, 0.25) is 0 Å². The molecule has 13 heavy (non-hydrogen) atoms. The lowest BCUT2D eigenvalue weighted by atomic mass is 10.2. The molecule has 0 saturated carbocycles. The predicted octanol–water partition coefficient (Wildman–Crippen LogP) is 0.598. The molecule has 0 saturated heterocycles. The minimum atomic E-state index is -0.153. The minimum Gasteiger partial charge on any atom is -0.360 e. The Morgan fingerprint density at radius 1 is 1.38 bits per heavy atom. The van der Waals surface area contributed by atoms with Crippen LogP contribution in [-0.2, 0) is 11.2 Å². The van der Waals surface area contributed by atoms with Crippen LogP contribution in [0.25, 0.3) is 11.0 Å². The van der Waals surface area contributed by atoms with Gasteiger partial charge in [0.25, 0.3) is 0 Å². The van der Waals surface area contributed by atoms with Gasteiger partial charge in [-0.15, -0.1) is 0 Å². The number of aromatic amines is 2. The molecule has 0 amide bonds. The van der Waals surface area contributed by atoms with Gasteiger partial charge >= 0.3 is 0 Å². The van der Waals surface area contributed by atoms with Crippen LogP contribution in [0.15, 0.2) is 23.1 Å². The Kier molecular flexibility index (Phi) is 1.73. The Bertz CT molecular complexity index is 496. The van der Waals surface area contributed by atoms with Gasteiger partial charge in [-0.1, -0.05) is 0 Å². The summed E-state index contributed by atoms with van der Waals surface area (Å²) in [6.07, 6.45) is 2.86. The number of aromatic nitrogens is 2. The monoisotopic (exact) mass is 176 g/mol. The molecule has 0 aliphatic carbocycles. The molecule has 0 bridgehead atoms. The van der Waals surface area contributed by atoms with Crippen LogP contribution in [0.1, 0.15) is 5.56 Å². The number of carbonyl (C=O) groups is 1. The molecule has 0 aliphatic heterocycles. The molecule has 2 rings (SSSR count). The Labute approximate surface area is 73.6 Å². The van der Waals surface area contributed by atoms with Gasteiger partial charge in [0, 0.05) is 24.2 Å². The molecule has 0 aliphatic rings. The third-order valence-corrected chi connectivity index (χ3v) is 1.95. The number of rotatable bonds is 2. The van der Waals surface area contributed by atoms with Crippen LogP contribution in [0, 0.1) is 0 Å². The smallest absolute Gasteiger partial charge is 0.248 e. The molecule has 2 aromatic rings. The van der Waals surface area contributed by atoms with Crippen molar-refractivity contribution in [2.45, 2.75) is 6.42 Å². The van der Waals surface area contributed by atoms with E-state index in [4.69, 9.17) is 0 Å². The lowest BCUT2D eigenvalue weighted by molar-refractivity contribution is -0.107. The molecule has 0 radical (unpaired) electrons. The molecule has 0 aromatic carbocycles. The fourth-order valence-electron chi connectivity index (χ4n) is 1.34. The lowest BCUT2D eigenvalue weighted by Gasteiger charge is -1.91. The van der Waals surface area contributed by atoms with E-state index in [1.165, 1.54) is 6.07 Å². The highest BCUT2D eigenvalue weighted by Gasteiger charge is 2.02. The van der Waals surface area contributed by atoms with E-state index in [1.807, 2.05) is 0 Å². The molecule has 0 atom stereocenters. The maximum absolute atomic E-state index is 11.0. The third-order valence-electron chi connectivity index (χ3n) is 1.95. The first-order valence-corrected chi connectivity index (χ1v) is 3.94. The topological polar surface area (TPSA) is 65.7 Å². The van der Waals surface area contributed by atoms with E-state index in [-0.39, 0.29) is 5.56 Å². The summed E-state index contributed by atoms with van der Waals surface area (Å²) in [5.74, 6) is 0. The predicted molar refractivity (Wildman–Crippen MR) is 48.7 cm³/mol. The highest BCUT2D eigenvalue weighted by Crippen LogP contribution is 2.12. The van der Waals surface area contributed by atoms with E-state index in [2.05, 4.69) is 9.97 Å². The van der Waals surface area contributed by atoms with Crippen molar-refractivity contribution in [2.24, 2.45) is 0 Å². The average molecular weight is 176 g/mol. The summed E-state index contributed by atoms with van der Waals surface area (Å²) in [5, 5.41) is 0. The largest absolute Gasteiger partial charge is 0.360 e. The first-order chi connectivity index (χ1) is 6.31. The molecular formula is C9H8N2O2. The Morgan fingerprint density at radius 3 is 3.00 bits per heavy atom. The Hall–Kier alpha value is -1.84. The summed E-state index contributed by atoms with van der Waals surface area (Å²) in [6.45, 7) is 0. The second kappa shape index (κ2) is 2.90. The van der Waals surface area contributed by atoms with E-state index >= 15 is 0 Å².